The molecule has 0 saturated carbocycles. The van der Waals surface area contributed by atoms with Crippen molar-refractivity contribution in [3.8, 4) is 11.3 Å². The molecule has 100 valence electrons. The van der Waals surface area contributed by atoms with Crippen molar-refractivity contribution in [2.45, 2.75) is 25.4 Å². The fourth-order valence-electron chi connectivity index (χ4n) is 2.34. The zero-order chi connectivity index (χ0) is 13.2. The highest BCUT2D eigenvalue weighted by atomic mass is 32.1. The molecule has 1 aliphatic heterocycles. The molecule has 1 aliphatic rings. The number of nitrogens with zero attached hydrogens (tertiary/aromatic N) is 3. The number of hydrogen-bond acceptors (Lipinski definition) is 4. The van der Waals surface area contributed by atoms with Gasteiger partial charge in [-0.2, -0.15) is 5.10 Å². The van der Waals surface area contributed by atoms with E-state index in [9.17, 15) is 0 Å². The van der Waals surface area contributed by atoms with E-state index in [0.717, 1.165) is 43.0 Å². The molecule has 0 amide bonds. The summed E-state index contributed by atoms with van der Waals surface area (Å²) in [4.78, 5) is 7.71. The Bertz CT molecular complexity index is 628. The van der Waals surface area contributed by atoms with Crippen LogP contribution in [0.25, 0.3) is 11.3 Å². The molecule has 3 heterocycles. The van der Waals surface area contributed by atoms with Gasteiger partial charge in [-0.3, -0.25) is 4.68 Å². The molecule has 0 aromatic carbocycles. The molecule has 1 N–H and O–H groups in total. The predicted octanol–water partition coefficient (Wildman–Crippen LogP) is 2.26. The monoisotopic (exact) mass is 276 g/mol. The van der Waals surface area contributed by atoms with Gasteiger partial charge in [0.05, 0.1) is 18.0 Å². The maximum Gasteiger partial charge on any atom is 0.130 e. The van der Waals surface area contributed by atoms with Crippen LogP contribution < -0.4 is 0 Å². The largest absolute Gasteiger partial charge is 0.378 e. The van der Waals surface area contributed by atoms with Crippen LogP contribution in [0, 0.1) is 4.64 Å². The van der Waals surface area contributed by atoms with Crippen molar-refractivity contribution < 1.29 is 4.74 Å². The van der Waals surface area contributed by atoms with Gasteiger partial charge in [-0.15, -0.1) is 0 Å². The van der Waals surface area contributed by atoms with Crippen molar-refractivity contribution in [1.29, 1.82) is 0 Å². The van der Waals surface area contributed by atoms with Gasteiger partial charge in [-0.25, -0.2) is 4.98 Å². The summed E-state index contributed by atoms with van der Waals surface area (Å²) in [7, 11) is 1.90. The number of aromatic nitrogens is 4. The average molecular weight is 276 g/mol. The molecular weight excluding hydrogens is 260 g/mol. The van der Waals surface area contributed by atoms with Crippen molar-refractivity contribution in [3.63, 3.8) is 0 Å². The maximum absolute atomic E-state index is 5.64. The summed E-state index contributed by atoms with van der Waals surface area (Å²) >= 11 is 5.24. The summed E-state index contributed by atoms with van der Waals surface area (Å²) in [5, 5.41) is 4.17. The summed E-state index contributed by atoms with van der Waals surface area (Å²) in [6, 6.07) is 1.87. The summed E-state index contributed by atoms with van der Waals surface area (Å²) in [5.41, 5.74) is 1.98. The zero-order valence-corrected chi connectivity index (χ0v) is 11.6. The fourth-order valence-corrected chi connectivity index (χ4v) is 2.57. The molecule has 0 bridgehead atoms. The number of nitrogens with one attached hydrogen (secondary N) is 1. The lowest BCUT2D eigenvalue weighted by molar-refractivity contribution is 0.110. The van der Waals surface area contributed by atoms with Crippen LogP contribution in [0.2, 0.25) is 0 Å². The van der Waals surface area contributed by atoms with Crippen LogP contribution in [0.1, 0.15) is 18.7 Å². The van der Waals surface area contributed by atoms with Crippen molar-refractivity contribution in [2.24, 2.45) is 7.05 Å². The molecule has 2 aromatic rings. The van der Waals surface area contributed by atoms with Gasteiger partial charge in [0.2, 0.25) is 0 Å². The first kappa shape index (κ1) is 12.5. The zero-order valence-electron chi connectivity index (χ0n) is 10.8. The van der Waals surface area contributed by atoms with Crippen LogP contribution in [0.5, 0.6) is 0 Å². The second kappa shape index (κ2) is 5.22. The van der Waals surface area contributed by atoms with E-state index in [1.54, 1.807) is 4.68 Å². The van der Waals surface area contributed by atoms with Gasteiger partial charge in [-0.05, 0) is 18.9 Å². The van der Waals surface area contributed by atoms with Crippen molar-refractivity contribution in [3.05, 3.63) is 28.9 Å². The van der Waals surface area contributed by atoms with Gasteiger partial charge in [0.15, 0.2) is 0 Å². The Labute approximate surface area is 116 Å². The molecule has 6 heteroatoms. The smallest absolute Gasteiger partial charge is 0.130 e. The maximum atomic E-state index is 5.64. The SMILES string of the molecule is Cn1cc(-c2cc(=S)nc(CC3CCCO3)[nH]2)cn1. The summed E-state index contributed by atoms with van der Waals surface area (Å²) in [6.07, 6.45) is 7.06. The normalized spacial score (nSPS) is 18.9. The third kappa shape index (κ3) is 2.90. The molecule has 1 fully saturated rings. The van der Waals surface area contributed by atoms with Crippen LogP contribution in [0.15, 0.2) is 18.5 Å². The van der Waals surface area contributed by atoms with Crippen LogP contribution in [-0.4, -0.2) is 32.5 Å². The Hall–Kier alpha value is -1.53. The number of aromatic amines is 1. The first-order chi connectivity index (χ1) is 9.20. The fraction of sp³-hybridized carbons (Fsp3) is 0.462. The Morgan fingerprint density at radius 1 is 1.58 bits per heavy atom. The molecule has 3 rings (SSSR count). The first-order valence-corrected chi connectivity index (χ1v) is 6.82. The van der Waals surface area contributed by atoms with Gasteiger partial charge in [0.1, 0.15) is 10.5 Å². The number of rotatable bonds is 3. The minimum absolute atomic E-state index is 0.266. The van der Waals surface area contributed by atoms with Gasteiger partial charge < -0.3 is 9.72 Å². The van der Waals surface area contributed by atoms with E-state index in [1.807, 2.05) is 25.5 Å². The van der Waals surface area contributed by atoms with E-state index in [1.165, 1.54) is 0 Å². The predicted molar refractivity (Wildman–Crippen MR) is 74.3 cm³/mol. The topological polar surface area (TPSA) is 55.7 Å². The van der Waals surface area contributed by atoms with E-state index >= 15 is 0 Å². The van der Waals surface area contributed by atoms with Crippen molar-refractivity contribution in [1.82, 2.24) is 19.7 Å². The van der Waals surface area contributed by atoms with Crippen LogP contribution in [-0.2, 0) is 18.2 Å². The van der Waals surface area contributed by atoms with Gasteiger partial charge >= 0.3 is 0 Å². The second-order valence-electron chi connectivity index (χ2n) is 4.82. The summed E-state index contributed by atoms with van der Waals surface area (Å²) in [5.74, 6) is 0.887. The van der Waals surface area contributed by atoms with Crippen LogP contribution >= 0.6 is 12.2 Å². The highest BCUT2D eigenvalue weighted by Gasteiger charge is 2.17. The molecule has 0 radical (unpaired) electrons. The lowest BCUT2D eigenvalue weighted by Gasteiger charge is -2.09. The molecule has 19 heavy (non-hydrogen) atoms. The highest BCUT2D eigenvalue weighted by Crippen LogP contribution is 2.19. The summed E-state index contributed by atoms with van der Waals surface area (Å²) < 4.78 is 8.01. The quantitative estimate of drug-likeness (QED) is 0.874. The van der Waals surface area contributed by atoms with E-state index in [-0.39, 0.29) is 6.10 Å². The summed E-state index contributed by atoms with van der Waals surface area (Å²) in [6.45, 7) is 0.855. The number of aryl methyl sites for hydroxylation is 1. The van der Waals surface area contributed by atoms with Gasteiger partial charge in [-0.1, -0.05) is 12.2 Å². The van der Waals surface area contributed by atoms with Crippen molar-refractivity contribution >= 4 is 12.2 Å². The minimum atomic E-state index is 0.266. The molecule has 1 atom stereocenters. The molecule has 1 saturated heterocycles. The lowest BCUT2D eigenvalue weighted by Crippen LogP contribution is -2.12. The average Bonchev–Trinajstić information content (AvgIpc) is 3.00. The third-order valence-corrected chi connectivity index (χ3v) is 3.46. The van der Waals surface area contributed by atoms with E-state index < -0.39 is 0 Å². The van der Waals surface area contributed by atoms with E-state index in [4.69, 9.17) is 17.0 Å². The standard InChI is InChI=1S/C13H16N4OS/c1-17-8-9(7-14-17)11-6-13(19)16-12(15-11)5-10-3-2-4-18-10/h6-8,10H,2-5H2,1H3,(H,15,16,19). The van der Waals surface area contributed by atoms with E-state index in [0.29, 0.717) is 4.64 Å². The Morgan fingerprint density at radius 2 is 2.47 bits per heavy atom. The Kier molecular flexibility index (Phi) is 3.44. The highest BCUT2D eigenvalue weighted by molar-refractivity contribution is 7.71. The van der Waals surface area contributed by atoms with E-state index in [2.05, 4.69) is 15.1 Å². The second-order valence-corrected chi connectivity index (χ2v) is 5.24. The Balaban J connectivity index is 1.89. The molecule has 5 nitrogen and oxygen atoms in total. The van der Waals surface area contributed by atoms with Crippen LogP contribution in [0.3, 0.4) is 0 Å². The number of hydrogen-bond donors (Lipinski definition) is 1. The molecule has 2 aromatic heterocycles. The lowest BCUT2D eigenvalue weighted by atomic mass is 10.1. The number of H-pyrrole nitrogens is 1. The minimum Gasteiger partial charge on any atom is -0.378 e. The third-order valence-electron chi connectivity index (χ3n) is 3.25. The van der Waals surface area contributed by atoms with Crippen LogP contribution in [0.4, 0.5) is 0 Å². The molecule has 0 aliphatic carbocycles. The molecular formula is C13H16N4OS. The van der Waals surface area contributed by atoms with Gasteiger partial charge in [0.25, 0.3) is 0 Å². The number of ether oxygens (including phenoxy) is 1. The van der Waals surface area contributed by atoms with Gasteiger partial charge in [0, 0.05) is 31.8 Å². The molecule has 1 unspecified atom stereocenters. The Morgan fingerprint density at radius 3 is 3.16 bits per heavy atom. The molecule has 0 spiro atoms. The van der Waals surface area contributed by atoms with Crippen molar-refractivity contribution in [2.75, 3.05) is 6.61 Å². The first-order valence-electron chi connectivity index (χ1n) is 6.41.